The zero-order valence-corrected chi connectivity index (χ0v) is 10.6. The van der Waals surface area contributed by atoms with Crippen molar-refractivity contribution in [3.05, 3.63) is 41.4 Å². The van der Waals surface area contributed by atoms with Gasteiger partial charge in [-0.1, -0.05) is 17.7 Å². The Labute approximate surface area is 113 Å². The van der Waals surface area contributed by atoms with Crippen molar-refractivity contribution < 1.29 is 9.47 Å². The third-order valence-electron chi connectivity index (χ3n) is 3.19. The van der Waals surface area contributed by atoms with Crippen LogP contribution < -0.4 is 9.47 Å². The van der Waals surface area contributed by atoms with Gasteiger partial charge >= 0.3 is 0 Å². The van der Waals surface area contributed by atoms with Crippen molar-refractivity contribution in [1.29, 1.82) is 0 Å². The zero-order chi connectivity index (χ0) is 12.8. The molecule has 0 atom stereocenters. The molecular formula is C14H9ClN2O2. The Bertz CT molecular complexity index is 782. The molecule has 4 rings (SSSR count). The number of nitrogens with one attached hydrogen (secondary N) is 1. The van der Waals surface area contributed by atoms with Gasteiger partial charge in [0.15, 0.2) is 11.5 Å². The monoisotopic (exact) mass is 272 g/mol. The highest BCUT2D eigenvalue weighted by Crippen LogP contribution is 2.38. The smallest absolute Gasteiger partial charge is 0.231 e. The molecule has 1 aromatic heterocycles. The number of aromatic amines is 1. The van der Waals surface area contributed by atoms with E-state index in [9.17, 15) is 0 Å². The molecule has 2 heterocycles. The van der Waals surface area contributed by atoms with Gasteiger partial charge in [0.1, 0.15) is 0 Å². The predicted octanol–water partition coefficient (Wildman–Crippen LogP) is 3.61. The SMILES string of the molecule is Clc1cccc2n[nH]c(-c3ccc4c(c3)OCO4)c12. The highest BCUT2D eigenvalue weighted by Gasteiger charge is 2.16. The first-order chi connectivity index (χ1) is 9.33. The predicted molar refractivity (Wildman–Crippen MR) is 72.7 cm³/mol. The lowest BCUT2D eigenvalue weighted by Gasteiger charge is -2.02. The number of H-pyrrole nitrogens is 1. The van der Waals surface area contributed by atoms with Crippen LogP contribution in [0.3, 0.4) is 0 Å². The molecule has 0 saturated heterocycles. The van der Waals surface area contributed by atoms with Crippen molar-refractivity contribution in [2.24, 2.45) is 0 Å². The van der Waals surface area contributed by atoms with Crippen molar-refractivity contribution in [3.8, 4) is 22.8 Å². The van der Waals surface area contributed by atoms with Crippen molar-refractivity contribution in [2.75, 3.05) is 6.79 Å². The highest BCUT2D eigenvalue weighted by molar-refractivity contribution is 6.36. The Morgan fingerprint density at radius 3 is 2.95 bits per heavy atom. The molecule has 5 heteroatoms. The second-order valence-corrected chi connectivity index (χ2v) is 4.71. The maximum absolute atomic E-state index is 6.25. The van der Waals surface area contributed by atoms with Gasteiger partial charge in [-0.3, -0.25) is 5.10 Å². The van der Waals surface area contributed by atoms with E-state index in [0.717, 1.165) is 33.7 Å². The average Bonchev–Trinajstić information content (AvgIpc) is 3.04. The normalized spacial score (nSPS) is 13.1. The van der Waals surface area contributed by atoms with E-state index in [0.29, 0.717) is 5.02 Å². The molecule has 0 unspecified atom stereocenters. The molecule has 0 aliphatic carbocycles. The van der Waals surface area contributed by atoms with E-state index in [-0.39, 0.29) is 6.79 Å². The topological polar surface area (TPSA) is 47.1 Å². The molecule has 4 nitrogen and oxygen atoms in total. The van der Waals surface area contributed by atoms with E-state index in [1.807, 2.05) is 36.4 Å². The second kappa shape index (κ2) is 3.90. The molecule has 0 amide bonds. The lowest BCUT2D eigenvalue weighted by atomic mass is 10.1. The fraction of sp³-hybridized carbons (Fsp3) is 0.0714. The summed E-state index contributed by atoms with van der Waals surface area (Å²) in [7, 11) is 0. The summed E-state index contributed by atoms with van der Waals surface area (Å²) in [6, 6.07) is 11.4. The van der Waals surface area contributed by atoms with Crippen LogP contribution in [0.15, 0.2) is 36.4 Å². The molecule has 0 spiro atoms. The third-order valence-corrected chi connectivity index (χ3v) is 3.51. The van der Waals surface area contributed by atoms with Crippen LogP contribution in [0, 0.1) is 0 Å². The molecule has 2 aromatic carbocycles. The van der Waals surface area contributed by atoms with Crippen molar-refractivity contribution in [3.63, 3.8) is 0 Å². The van der Waals surface area contributed by atoms with Gasteiger partial charge in [0.2, 0.25) is 6.79 Å². The van der Waals surface area contributed by atoms with Gasteiger partial charge in [-0.15, -0.1) is 0 Å². The van der Waals surface area contributed by atoms with Gasteiger partial charge in [0.25, 0.3) is 0 Å². The van der Waals surface area contributed by atoms with E-state index in [4.69, 9.17) is 21.1 Å². The zero-order valence-electron chi connectivity index (χ0n) is 9.81. The second-order valence-electron chi connectivity index (χ2n) is 4.30. The molecule has 0 bridgehead atoms. The van der Waals surface area contributed by atoms with E-state index >= 15 is 0 Å². The summed E-state index contributed by atoms with van der Waals surface area (Å²) in [5.41, 5.74) is 2.71. The minimum Gasteiger partial charge on any atom is -0.454 e. The van der Waals surface area contributed by atoms with Crippen LogP contribution in [0.4, 0.5) is 0 Å². The summed E-state index contributed by atoms with van der Waals surface area (Å²) in [6.45, 7) is 0.267. The Kier molecular flexibility index (Phi) is 2.19. The van der Waals surface area contributed by atoms with Crippen LogP contribution in [-0.4, -0.2) is 17.0 Å². The fourth-order valence-electron chi connectivity index (χ4n) is 2.29. The summed E-state index contributed by atoms with van der Waals surface area (Å²) >= 11 is 6.25. The number of benzene rings is 2. The van der Waals surface area contributed by atoms with Crippen LogP contribution in [0.25, 0.3) is 22.2 Å². The van der Waals surface area contributed by atoms with Gasteiger partial charge in [0, 0.05) is 10.9 Å². The van der Waals surface area contributed by atoms with E-state index < -0.39 is 0 Å². The molecule has 1 aliphatic rings. The number of halogens is 1. The standard InChI is InChI=1S/C14H9ClN2O2/c15-9-2-1-3-10-13(9)14(17-16-10)8-4-5-11-12(6-8)19-7-18-11/h1-6H,7H2,(H,16,17). The lowest BCUT2D eigenvalue weighted by Crippen LogP contribution is -1.92. The van der Waals surface area contributed by atoms with Gasteiger partial charge < -0.3 is 9.47 Å². The van der Waals surface area contributed by atoms with Crippen LogP contribution in [0.5, 0.6) is 11.5 Å². The lowest BCUT2D eigenvalue weighted by molar-refractivity contribution is 0.174. The van der Waals surface area contributed by atoms with Crippen LogP contribution >= 0.6 is 11.6 Å². The maximum atomic E-state index is 6.25. The Morgan fingerprint density at radius 2 is 2.00 bits per heavy atom. The Balaban J connectivity index is 1.95. The van der Waals surface area contributed by atoms with Crippen LogP contribution in [0.2, 0.25) is 5.02 Å². The van der Waals surface area contributed by atoms with Gasteiger partial charge in [0.05, 0.1) is 16.2 Å². The summed E-state index contributed by atoms with van der Waals surface area (Å²) in [4.78, 5) is 0. The van der Waals surface area contributed by atoms with Crippen LogP contribution in [0.1, 0.15) is 0 Å². The number of rotatable bonds is 1. The minimum atomic E-state index is 0.267. The van der Waals surface area contributed by atoms with Crippen molar-refractivity contribution >= 4 is 22.5 Å². The van der Waals surface area contributed by atoms with E-state index in [1.54, 1.807) is 0 Å². The number of aromatic nitrogens is 2. The largest absolute Gasteiger partial charge is 0.454 e. The molecular weight excluding hydrogens is 264 g/mol. The number of fused-ring (bicyclic) bond motifs is 2. The van der Waals surface area contributed by atoms with E-state index in [2.05, 4.69) is 10.2 Å². The molecule has 19 heavy (non-hydrogen) atoms. The van der Waals surface area contributed by atoms with Crippen LogP contribution in [-0.2, 0) is 0 Å². The fourth-order valence-corrected chi connectivity index (χ4v) is 2.55. The molecule has 1 N–H and O–H groups in total. The number of hydrogen-bond acceptors (Lipinski definition) is 3. The minimum absolute atomic E-state index is 0.267. The molecule has 1 aliphatic heterocycles. The number of ether oxygens (including phenoxy) is 2. The third kappa shape index (κ3) is 1.57. The van der Waals surface area contributed by atoms with Crippen molar-refractivity contribution in [2.45, 2.75) is 0 Å². The molecule has 94 valence electrons. The van der Waals surface area contributed by atoms with Gasteiger partial charge in [-0.2, -0.15) is 5.10 Å². The summed E-state index contributed by atoms with van der Waals surface area (Å²) in [5.74, 6) is 1.51. The number of hydrogen-bond donors (Lipinski definition) is 1. The summed E-state index contributed by atoms with van der Waals surface area (Å²) < 4.78 is 10.7. The Hall–Kier alpha value is -2.20. The van der Waals surface area contributed by atoms with Gasteiger partial charge in [-0.25, -0.2) is 0 Å². The molecule has 3 aromatic rings. The van der Waals surface area contributed by atoms with E-state index in [1.165, 1.54) is 0 Å². The molecule has 0 fully saturated rings. The van der Waals surface area contributed by atoms with Crippen molar-refractivity contribution in [1.82, 2.24) is 10.2 Å². The quantitative estimate of drug-likeness (QED) is 0.736. The molecule has 0 saturated carbocycles. The Morgan fingerprint density at radius 1 is 1.11 bits per heavy atom. The molecule has 0 radical (unpaired) electrons. The highest BCUT2D eigenvalue weighted by atomic mass is 35.5. The first-order valence-corrected chi connectivity index (χ1v) is 6.23. The number of nitrogens with zero attached hydrogens (tertiary/aromatic N) is 1. The average molecular weight is 273 g/mol. The maximum Gasteiger partial charge on any atom is 0.231 e. The first kappa shape index (κ1) is 10.7. The summed E-state index contributed by atoms with van der Waals surface area (Å²) in [5, 5.41) is 8.90. The van der Waals surface area contributed by atoms with Gasteiger partial charge in [-0.05, 0) is 30.3 Å². The first-order valence-electron chi connectivity index (χ1n) is 5.85. The summed E-state index contributed by atoms with van der Waals surface area (Å²) in [6.07, 6.45) is 0.